The van der Waals surface area contributed by atoms with Gasteiger partial charge in [0.2, 0.25) is 0 Å². The third-order valence-electron chi connectivity index (χ3n) is 4.12. The number of rotatable bonds is 9. The molecule has 0 atom stereocenters. The number of aromatic amines is 1. The number of aromatic nitrogens is 3. The van der Waals surface area contributed by atoms with Crippen LogP contribution in [-0.4, -0.2) is 38.5 Å². The standard InChI is InChI=1S/C19H21N5O3/c25-16(26)4-2-1-3-10-21-19(27)13-5-7-14(8-6-13)24-18-15-9-11-20-17(15)22-12-23-18/h5-9,11-12H,1-4,10H2,(H,21,27)(H,25,26)(H2,20,22,23,24). The maximum absolute atomic E-state index is 12.1. The van der Waals surface area contributed by atoms with Crippen LogP contribution in [0.15, 0.2) is 42.9 Å². The summed E-state index contributed by atoms with van der Waals surface area (Å²) in [5, 5.41) is 15.5. The summed E-state index contributed by atoms with van der Waals surface area (Å²) in [5.41, 5.74) is 2.15. The topological polar surface area (TPSA) is 120 Å². The van der Waals surface area contributed by atoms with Crippen LogP contribution in [-0.2, 0) is 4.79 Å². The predicted octanol–water partition coefficient (Wildman–Crippen LogP) is 3.08. The second-order valence-corrected chi connectivity index (χ2v) is 6.12. The first-order chi connectivity index (χ1) is 13.1. The van der Waals surface area contributed by atoms with Gasteiger partial charge in [0.1, 0.15) is 17.8 Å². The Balaban J connectivity index is 1.50. The Kier molecular flexibility index (Phi) is 5.98. The van der Waals surface area contributed by atoms with E-state index in [1.807, 2.05) is 18.2 Å². The smallest absolute Gasteiger partial charge is 0.303 e. The van der Waals surface area contributed by atoms with Crippen molar-refractivity contribution in [1.82, 2.24) is 20.3 Å². The number of carbonyl (C=O) groups is 2. The zero-order valence-electron chi connectivity index (χ0n) is 14.7. The first-order valence-electron chi connectivity index (χ1n) is 8.78. The number of hydrogen-bond acceptors (Lipinski definition) is 5. The summed E-state index contributed by atoms with van der Waals surface area (Å²) in [6.45, 7) is 0.533. The Morgan fingerprint density at radius 3 is 2.63 bits per heavy atom. The number of aliphatic carboxylic acids is 1. The molecule has 1 aromatic carbocycles. The fraction of sp³-hybridized carbons (Fsp3) is 0.263. The fourth-order valence-corrected chi connectivity index (χ4v) is 2.70. The Morgan fingerprint density at radius 2 is 1.85 bits per heavy atom. The molecule has 0 radical (unpaired) electrons. The second-order valence-electron chi connectivity index (χ2n) is 6.12. The summed E-state index contributed by atoms with van der Waals surface area (Å²) < 4.78 is 0. The largest absolute Gasteiger partial charge is 0.481 e. The molecule has 0 spiro atoms. The molecule has 0 aliphatic heterocycles. The Morgan fingerprint density at radius 1 is 1.04 bits per heavy atom. The molecular formula is C19H21N5O3. The van der Waals surface area contributed by atoms with Crippen LogP contribution in [0.5, 0.6) is 0 Å². The van der Waals surface area contributed by atoms with E-state index < -0.39 is 5.97 Å². The molecular weight excluding hydrogens is 346 g/mol. The second kappa shape index (κ2) is 8.79. The summed E-state index contributed by atoms with van der Waals surface area (Å²) >= 11 is 0. The predicted molar refractivity (Wildman–Crippen MR) is 102 cm³/mol. The fourth-order valence-electron chi connectivity index (χ4n) is 2.70. The molecule has 3 rings (SSSR count). The van der Waals surface area contributed by atoms with Crippen LogP contribution in [0, 0.1) is 0 Å². The Bertz CT molecular complexity index is 920. The lowest BCUT2D eigenvalue weighted by Crippen LogP contribution is -2.24. The van der Waals surface area contributed by atoms with E-state index in [-0.39, 0.29) is 12.3 Å². The summed E-state index contributed by atoms with van der Waals surface area (Å²) in [4.78, 5) is 34.0. The molecule has 1 amide bonds. The maximum atomic E-state index is 12.1. The van der Waals surface area contributed by atoms with Crippen LogP contribution in [0.4, 0.5) is 11.5 Å². The number of nitrogens with one attached hydrogen (secondary N) is 3. The number of H-pyrrole nitrogens is 1. The van der Waals surface area contributed by atoms with Crippen molar-refractivity contribution in [2.75, 3.05) is 11.9 Å². The van der Waals surface area contributed by atoms with E-state index in [2.05, 4.69) is 25.6 Å². The summed E-state index contributed by atoms with van der Waals surface area (Å²) in [7, 11) is 0. The highest BCUT2D eigenvalue weighted by Crippen LogP contribution is 2.22. The van der Waals surface area contributed by atoms with Crippen LogP contribution in [0.3, 0.4) is 0 Å². The molecule has 8 heteroatoms. The highest BCUT2D eigenvalue weighted by atomic mass is 16.4. The first-order valence-corrected chi connectivity index (χ1v) is 8.78. The third-order valence-corrected chi connectivity index (χ3v) is 4.12. The number of amides is 1. The zero-order chi connectivity index (χ0) is 19.1. The van der Waals surface area contributed by atoms with Crippen molar-refractivity contribution in [2.24, 2.45) is 0 Å². The number of fused-ring (bicyclic) bond motifs is 1. The van der Waals surface area contributed by atoms with E-state index in [1.54, 1.807) is 18.3 Å². The minimum Gasteiger partial charge on any atom is -0.481 e. The molecule has 27 heavy (non-hydrogen) atoms. The van der Waals surface area contributed by atoms with Crippen molar-refractivity contribution in [2.45, 2.75) is 25.7 Å². The van der Waals surface area contributed by atoms with Crippen LogP contribution in [0.2, 0.25) is 0 Å². The Labute approximate surface area is 156 Å². The molecule has 2 heterocycles. The van der Waals surface area contributed by atoms with E-state index in [0.717, 1.165) is 29.6 Å². The molecule has 2 aromatic heterocycles. The minimum atomic E-state index is -0.785. The van der Waals surface area contributed by atoms with Crippen molar-refractivity contribution >= 4 is 34.4 Å². The highest BCUT2D eigenvalue weighted by molar-refractivity contribution is 5.95. The van der Waals surface area contributed by atoms with E-state index in [1.165, 1.54) is 6.33 Å². The maximum Gasteiger partial charge on any atom is 0.303 e. The normalized spacial score (nSPS) is 10.7. The zero-order valence-corrected chi connectivity index (χ0v) is 14.7. The molecule has 0 fully saturated rings. The quantitative estimate of drug-likeness (QED) is 0.431. The van der Waals surface area contributed by atoms with Crippen molar-refractivity contribution < 1.29 is 14.7 Å². The molecule has 140 valence electrons. The van der Waals surface area contributed by atoms with E-state index >= 15 is 0 Å². The average Bonchev–Trinajstić information content (AvgIpc) is 3.14. The van der Waals surface area contributed by atoms with Crippen LogP contribution in [0.1, 0.15) is 36.0 Å². The molecule has 8 nitrogen and oxygen atoms in total. The summed E-state index contributed by atoms with van der Waals surface area (Å²) in [6, 6.07) is 9.04. The minimum absolute atomic E-state index is 0.144. The van der Waals surface area contributed by atoms with Gasteiger partial charge in [-0.1, -0.05) is 6.42 Å². The van der Waals surface area contributed by atoms with E-state index in [0.29, 0.717) is 24.3 Å². The Hall–Kier alpha value is -3.42. The number of carboxylic acid groups (broad SMARTS) is 1. The van der Waals surface area contributed by atoms with Gasteiger partial charge in [-0.2, -0.15) is 0 Å². The molecule has 0 aliphatic rings. The molecule has 0 unspecified atom stereocenters. The third kappa shape index (κ3) is 5.04. The lowest BCUT2D eigenvalue weighted by atomic mass is 10.1. The number of unbranched alkanes of at least 4 members (excludes halogenated alkanes) is 2. The van der Waals surface area contributed by atoms with Gasteiger partial charge < -0.3 is 20.7 Å². The van der Waals surface area contributed by atoms with Gasteiger partial charge in [-0.3, -0.25) is 9.59 Å². The number of hydrogen-bond donors (Lipinski definition) is 4. The van der Waals surface area contributed by atoms with Gasteiger partial charge in [-0.05, 0) is 43.2 Å². The number of nitrogens with zero attached hydrogens (tertiary/aromatic N) is 2. The van der Waals surface area contributed by atoms with Gasteiger partial charge in [0.15, 0.2) is 0 Å². The van der Waals surface area contributed by atoms with Gasteiger partial charge in [0.05, 0.1) is 5.39 Å². The van der Waals surface area contributed by atoms with Gasteiger partial charge in [0.25, 0.3) is 5.91 Å². The molecule has 0 bridgehead atoms. The van der Waals surface area contributed by atoms with Gasteiger partial charge in [0, 0.05) is 30.4 Å². The van der Waals surface area contributed by atoms with Crippen LogP contribution >= 0.6 is 0 Å². The average molecular weight is 367 g/mol. The number of anilines is 2. The molecule has 0 aliphatic carbocycles. The molecule has 0 saturated heterocycles. The van der Waals surface area contributed by atoms with Crippen LogP contribution < -0.4 is 10.6 Å². The number of carbonyl (C=O) groups excluding carboxylic acids is 1. The lowest BCUT2D eigenvalue weighted by Gasteiger charge is -2.08. The number of benzene rings is 1. The molecule has 3 aromatic rings. The molecule has 0 saturated carbocycles. The summed E-state index contributed by atoms with van der Waals surface area (Å²) in [6.07, 6.45) is 5.63. The van der Waals surface area contributed by atoms with Crippen molar-refractivity contribution in [3.8, 4) is 0 Å². The SMILES string of the molecule is O=C(O)CCCCCNC(=O)c1ccc(Nc2ncnc3[nH]ccc23)cc1. The monoisotopic (exact) mass is 367 g/mol. The van der Waals surface area contributed by atoms with E-state index in [4.69, 9.17) is 5.11 Å². The highest BCUT2D eigenvalue weighted by Gasteiger charge is 2.07. The van der Waals surface area contributed by atoms with Gasteiger partial charge >= 0.3 is 5.97 Å². The molecule has 4 N–H and O–H groups in total. The van der Waals surface area contributed by atoms with Crippen molar-refractivity contribution in [1.29, 1.82) is 0 Å². The number of carboxylic acids is 1. The first kappa shape index (κ1) is 18.4. The van der Waals surface area contributed by atoms with E-state index in [9.17, 15) is 9.59 Å². The van der Waals surface area contributed by atoms with Crippen molar-refractivity contribution in [3.05, 3.63) is 48.4 Å². The summed E-state index contributed by atoms with van der Waals surface area (Å²) in [5.74, 6) is -0.235. The van der Waals surface area contributed by atoms with Crippen LogP contribution in [0.25, 0.3) is 11.0 Å². The van der Waals surface area contributed by atoms with Gasteiger partial charge in [-0.15, -0.1) is 0 Å². The lowest BCUT2D eigenvalue weighted by molar-refractivity contribution is -0.137. The van der Waals surface area contributed by atoms with Crippen molar-refractivity contribution in [3.63, 3.8) is 0 Å². The van der Waals surface area contributed by atoms with Gasteiger partial charge in [-0.25, -0.2) is 9.97 Å².